The molecule has 0 atom stereocenters. The molecular weight excluding hydrogens is 142 g/mol. The Labute approximate surface area is 65.5 Å². The number of allylic oxidation sites excluding steroid dienone is 5. The average Bonchev–Trinajstić information content (AvgIpc) is 2.17. The number of rotatable bonds is 1. The predicted octanol–water partition coefficient (Wildman–Crippen LogP) is 2.49. The molecule has 0 aromatic rings. The van der Waals surface area contributed by atoms with Crippen LogP contribution in [0.15, 0.2) is 41.1 Å². The lowest BCUT2D eigenvalue weighted by Crippen LogP contribution is -1.71. The highest BCUT2D eigenvalue weighted by Gasteiger charge is 1.89. The summed E-state index contributed by atoms with van der Waals surface area (Å²) in [4.78, 5) is 3.87. The summed E-state index contributed by atoms with van der Waals surface area (Å²) in [6, 6.07) is 0. The van der Waals surface area contributed by atoms with Crippen LogP contribution in [0.25, 0.3) is 0 Å². The first-order valence-electron chi connectivity index (χ1n) is 3.04. The second-order valence-corrected chi connectivity index (χ2v) is 2.06. The van der Waals surface area contributed by atoms with Crippen LogP contribution in [0.3, 0.4) is 0 Å². The van der Waals surface area contributed by atoms with Gasteiger partial charge in [-0.1, -0.05) is 24.3 Å². The first-order valence-corrected chi connectivity index (χ1v) is 3.44. The van der Waals surface area contributed by atoms with Gasteiger partial charge in [-0.05, 0) is 18.3 Å². The molecular formula is C8H7NS. The van der Waals surface area contributed by atoms with Crippen molar-refractivity contribution in [3.8, 4) is 0 Å². The summed E-state index contributed by atoms with van der Waals surface area (Å²) in [5.74, 6) is 0. The number of hydrogen-bond acceptors (Lipinski definition) is 2. The summed E-state index contributed by atoms with van der Waals surface area (Å²) >= 11 is 4.47. The molecule has 10 heavy (non-hydrogen) atoms. The first kappa shape index (κ1) is 7.13. The van der Waals surface area contributed by atoms with E-state index in [9.17, 15) is 0 Å². The van der Waals surface area contributed by atoms with Crippen LogP contribution in [0, 0.1) is 0 Å². The number of aliphatic imine (C=N–C) groups is 1. The van der Waals surface area contributed by atoms with Gasteiger partial charge in [-0.25, -0.2) is 0 Å². The predicted molar refractivity (Wildman–Crippen MR) is 46.0 cm³/mol. The van der Waals surface area contributed by atoms with Gasteiger partial charge in [0.1, 0.15) is 0 Å². The fourth-order valence-corrected chi connectivity index (χ4v) is 0.825. The summed E-state index contributed by atoms with van der Waals surface area (Å²) in [7, 11) is 0. The third-order valence-corrected chi connectivity index (χ3v) is 1.25. The van der Waals surface area contributed by atoms with Crippen LogP contribution in [0.5, 0.6) is 0 Å². The topological polar surface area (TPSA) is 12.4 Å². The van der Waals surface area contributed by atoms with Gasteiger partial charge in [-0.2, -0.15) is 4.99 Å². The fraction of sp³-hybridized carbons (Fsp3) is 0.125. The van der Waals surface area contributed by atoms with Crippen molar-refractivity contribution in [1.29, 1.82) is 0 Å². The van der Waals surface area contributed by atoms with Crippen molar-refractivity contribution in [2.45, 2.75) is 6.42 Å². The highest BCUT2D eigenvalue weighted by molar-refractivity contribution is 7.78. The summed E-state index contributed by atoms with van der Waals surface area (Å²) in [5, 5.41) is 2.34. The number of hydrogen-bond donors (Lipinski definition) is 0. The summed E-state index contributed by atoms with van der Waals surface area (Å²) in [5.41, 5.74) is 0.958. The van der Waals surface area contributed by atoms with Gasteiger partial charge in [-0.3, -0.25) is 0 Å². The van der Waals surface area contributed by atoms with Crippen LogP contribution >= 0.6 is 12.2 Å². The van der Waals surface area contributed by atoms with E-state index in [0.717, 1.165) is 12.1 Å². The maximum absolute atomic E-state index is 4.47. The van der Waals surface area contributed by atoms with Crippen LogP contribution in [0.1, 0.15) is 6.42 Å². The lowest BCUT2D eigenvalue weighted by Gasteiger charge is -1.87. The van der Waals surface area contributed by atoms with Gasteiger partial charge in [0.2, 0.25) is 0 Å². The lowest BCUT2D eigenvalue weighted by molar-refractivity contribution is 1.18. The van der Waals surface area contributed by atoms with E-state index in [1.807, 2.05) is 30.4 Å². The standard InChI is InChI=1S/C8H7NS/c10-7-9-8-5-3-1-2-4-6-8/h1-5H,6H2. The molecule has 0 bridgehead atoms. The quantitative estimate of drug-likeness (QED) is 0.412. The highest BCUT2D eigenvalue weighted by atomic mass is 32.1. The Morgan fingerprint density at radius 1 is 1.40 bits per heavy atom. The molecule has 1 rings (SSSR count). The van der Waals surface area contributed by atoms with E-state index in [1.54, 1.807) is 0 Å². The molecule has 0 N–H and O–H groups in total. The minimum atomic E-state index is 0.844. The van der Waals surface area contributed by atoms with Gasteiger partial charge in [-0.15, -0.1) is 0 Å². The molecule has 1 aliphatic carbocycles. The molecule has 0 saturated carbocycles. The number of nitrogens with zero attached hydrogens (tertiary/aromatic N) is 1. The van der Waals surface area contributed by atoms with Crippen LogP contribution in [-0.2, 0) is 0 Å². The molecule has 1 aliphatic rings. The van der Waals surface area contributed by atoms with E-state index in [2.05, 4.69) is 22.4 Å². The van der Waals surface area contributed by atoms with Crippen molar-refractivity contribution in [2.75, 3.05) is 0 Å². The minimum absolute atomic E-state index is 0.844. The second kappa shape index (κ2) is 3.94. The maximum atomic E-state index is 4.47. The van der Waals surface area contributed by atoms with E-state index in [4.69, 9.17) is 0 Å². The summed E-state index contributed by atoms with van der Waals surface area (Å²) in [6.45, 7) is 0. The SMILES string of the molecule is S=C=NC1=CC=CC=CC1. The van der Waals surface area contributed by atoms with Gasteiger partial charge in [0.15, 0.2) is 0 Å². The Morgan fingerprint density at radius 2 is 2.30 bits per heavy atom. The molecule has 0 aromatic heterocycles. The van der Waals surface area contributed by atoms with E-state index in [1.165, 1.54) is 0 Å². The zero-order chi connectivity index (χ0) is 7.23. The van der Waals surface area contributed by atoms with Gasteiger partial charge in [0.25, 0.3) is 0 Å². The lowest BCUT2D eigenvalue weighted by atomic mass is 10.3. The second-order valence-electron chi connectivity index (χ2n) is 1.88. The molecule has 0 heterocycles. The Bertz CT molecular complexity index is 242. The fourth-order valence-electron chi connectivity index (χ4n) is 0.708. The Morgan fingerprint density at radius 3 is 3.10 bits per heavy atom. The van der Waals surface area contributed by atoms with Crippen LogP contribution in [0.2, 0.25) is 0 Å². The Hall–Kier alpha value is -0.980. The number of isothiocyanates is 1. The zero-order valence-corrected chi connectivity index (χ0v) is 6.27. The van der Waals surface area contributed by atoms with Crippen molar-refractivity contribution in [3.63, 3.8) is 0 Å². The molecule has 50 valence electrons. The van der Waals surface area contributed by atoms with E-state index >= 15 is 0 Å². The van der Waals surface area contributed by atoms with E-state index in [0.29, 0.717) is 0 Å². The van der Waals surface area contributed by atoms with Crippen LogP contribution in [0.4, 0.5) is 0 Å². The van der Waals surface area contributed by atoms with Crippen molar-refractivity contribution in [1.82, 2.24) is 0 Å². The molecule has 0 saturated heterocycles. The summed E-state index contributed by atoms with van der Waals surface area (Å²) in [6.07, 6.45) is 10.7. The molecule has 0 aromatic carbocycles. The van der Waals surface area contributed by atoms with Crippen molar-refractivity contribution in [3.05, 3.63) is 36.1 Å². The zero-order valence-electron chi connectivity index (χ0n) is 5.45. The van der Waals surface area contributed by atoms with E-state index < -0.39 is 0 Å². The van der Waals surface area contributed by atoms with Crippen molar-refractivity contribution < 1.29 is 0 Å². The normalized spacial score (nSPS) is 15.4. The van der Waals surface area contributed by atoms with Gasteiger partial charge < -0.3 is 0 Å². The molecule has 2 heteroatoms. The largest absolute Gasteiger partial charge is 0.199 e. The van der Waals surface area contributed by atoms with E-state index in [-0.39, 0.29) is 0 Å². The summed E-state index contributed by atoms with van der Waals surface area (Å²) < 4.78 is 0. The highest BCUT2D eigenvalue weighted by Crippen LogP contribution is 2.06. The molecule has 0 radical (unpaired) electrons. The third-order valence-electron chi connectivity index (χ3n) is 1.16. The molecule has 0 unspecified atom stereocenters. The van der Waals surface area contributed by atoms with Gasteiger partial charge >= 0.3 is 0 Å². The number of thiocarbonyl (C=S) groups is 1. The molecule has 1 nitrogen and oxygen atoms in total. The Kier molecular flexibility index (Phi) is 2.81. The molecule has 0 spiro atoms. The molecule has 0 fully saturated rings. The molecule has 0 aliphatic heterocycles. The van der Waals surface area contributed by atoms with Crippen LogP contribution < -0.4 is 0 Å². The minimum Gasteiger partial charge on any atom is -0.199 e. The Balaban J connectivity index is 2.77. The average molecular weight is 149 g/mol. The van der Waals surface area contributed by atoms with Gasteiger partial charge in [0.05, 0.1) is 10.9 Å². The van der Waals surface area contributed by atoms with Crippen LogP contribution in [-0.4, -0.2) is 5.16 Å². The maximum Gasteiger partial charge on any atom is 0.0637 e. The monoisotopic (exact) mass is 149 g/mol. The first-order chi connectivity index (χ1) is 4.93. The third kappa shape index (κ3) is 2.09. The smallest absolute Gasteiger partial charge is 0.0637 e. The van der Waals surface area contributed by atoms with Crippen molar-refractivity contribution >= 4 is 17.4 Å². The van der Waals surface area contributed by atoms with Crippen molar-refractivity contribution in [2.24, 2.45) is 4.99 Å². The van der Waals surface area contributed by atoms with Gasteiger partial charge in [0, 0.05) is 6.42 Å². The molecule has 0 amide bonds.